The Kier molecular flexibility index (Phi) is 3.13. The van der Waals surface area contributed by atoms with E-state index in [0.717, 1.165) is 34.8 Å². The molecule has 1 saturated heterocycles. The van der Waals surface area contributed by atoms with Gasteiger partial charge in [-0.3, -0.25) is 0 Å². The SMILES string of the molecule is Cc1cc2cccc(Cl)c2nc1N1CCCCC1. The van der Waals surface area contributed by atoms with Gasteiger partial charge in [-0.25, -0.2) is 4.98 Å². The van der Waals surface area contributed by atoms with Gasteiger partial charge in [-0.1, -0.05) is 23.7 Å². The van der Waals surface area contributed by atoms with Gasteiger partial charge in [-0.15, -0.1) is 0 Å². The fourth-order valence-corrected chi connectivity index (χ4v) is 2.91. The average molecular weight is 261 g/mol. The summed E-state index contributed by atoms with van der Waals surface area (Å²) >= 11 is 6.24. The summed E-state index contributed by atoms with van der Waals surface area (Å²) in [5, 5.41) is 1.87. The van der Waals surface area contributed by atoms with Crippen molar-refractivity contribution in [3.63, 3.8) is 0 Å². The first-order chi connectivity index (χ1) is 8.75. The number of nitrogens with zero attached hydrogens (tertiary/aromatic N) is 2. The first-order valence-corrected chi connectivity index (χ1v) is 6.94. The minimum absolute atomic E-state index is 0.741. The normalized spacial score (nSPS) is 16.2. The molecule has 0 N–H and O–H groups in total. The molecule has 0 bridgehead atoms. The monoisotopic (exact) mass is 260 g/mol. The Balaban J connectivity index is 2.11. The zero-order valence-electron chi connectivity index (χ0n) is 10.6. The molecule has 0 radical (unpaired) electrons. The van der Waals surface area contributed by atoms with Gasteiger partial charge in [0, 0.05) is 18.5 Å². The number of aryl methyl sites for hydroxylation is 1. The third-order valence-electron chi connectivity index (χ3n) is 3.62. The predicted molar refractivity (Wildman–Crippen MR) is 77.6 cm³/mol. The minimum atomic E-state index is 0.741. The summed E-state index contributed by atoms with van der Waals surface area (Å²) in [4.78, 5) is 7.18. The van der Waals surface area contributed by atoms with Gasteiger partial charge in [0.05, 0.1) is 10.5 Å². The van der Waals surface area contributed by atoms with Crippen LogP contribution in [-0.4, -0.2) is 18.1 Å². The van der Waals surface area contributed by atoms with Crippen molar-refractivity contribution < 1.29 is 0 Å². The molecule has 1 fully saturated rings. The number of para-hydroxylation sites is 1. The number of halogens is 1. The molecule has 3 rings (SSSR count). The van der Waals surface area contributed by atoms with Gasteiger partial charge in [0.25, 0.3) is 0 Å². The molecule has 1 aromatic carbocycles. The van der Waals surface area contributed by atoms with Crippen LogP contribution in [0.3, 0.4) is 0 Å². The zero-order valence-corrected chi connectivity index (χ0v) is 11.4. The Labute approximate surface area is 113 Å². The highest BCUT2D eigenvalue weighted by atomic mass is 35.5. The van der Waals surface area contributed by atoms with Crippen LogP contribution in [0.25, 0.3) is 10.9 Å². The fourth-order valence-electron chi connectivity index (χ4n) is 2.68. The van der Waals surface area contributed by atoms with Crippen molar-refractivity contribution in [1.29, 1.82) is 0 Å². The van der Waals surface area contributed by atoms with Crippen LogP contribution in [-0.2, 0) is 0 Å². The van der Waals surface area contributed by atoms with E-state index in [1.807, 2.05) is 12.1 Å². The number of pyridine rings is 1. The summed E-state index contributed by atoms with van der Waals surface area (Å²) in [6.07, 6.45) is 3.87. The Morgan fingerprint density at radius 3 is 2.72 bits per heavy atom. The minimum Gasteiger partial charge on any atom is -0.356 e. The van der Waals surface area contributed by atoms with Gasteiger partial charge in [-0.05, 0) is 43.9 Å². The summed E-state index contributed by atoms with van der Waals surface area (Å²) in [7, 11) is 0. The number of fused-ring (bicyclic) bond motifs is 1. The molecule has 0 atom stereocenters. The molecular weight excluding hydrogens is 244 g/mol. The number of hydrogen-bond donors (Lipinski definition) is 0. The van der Waals surface area contributed by atoms with E-state index in [0.29, 0.717) is 0 Å². The van der Waals surface area contributed by atoms with Crippen LogP contribution in [0, 0.1) is 6.92 Å². The summed E-state index contributed by atoms with van der Waals surface area (Å²) in [5.41, 5.74) is 2.16. The van der Waals surface area contributed by atoms with E-state index >= 15 is 0 Å². The first-order valence-electron chi connectivity index (χ1n) is 6.56. The molecule has 2 nitrogen and oxygen atoms in total. The third kappa shape index (κ3) is 2.05. The Morgan fingerprint density at radius 2 is 1.94 bits per heavy atom. The van der Waals surface area contributed by atoms with Crippen LogP contribution in [0.15, 0.2) is 24.3 Å². The molecule has 0 spiro atoms. The number of rotatable bonds is 1. The second kappa shape index (κ2) is 4.77. The van der Waals surface area contributed by atoms with Crippen molar-refractivity contribution in [3.05, 3.63) is 34.9 Å². The molecule has 0 amide bonds. The highest BCUT2D eigenvalue weighted by Crippen LogP contribution is 2.28. The third-order valence-corrected chi connectivity index (χ3v) is 3.92. The molecule has 0 aliphatic carbocycles. The lowest BCUT2D eigenvalue weighted by molar-refractivity contribution is 0.573. The summed E-state index contributed by atoms with van der Waals surface area (Å²) in [5.74, 6) is 1.11. The standard InChI is InChI=1S/C15H17ClN2/c1-11-10-12-6-5-7-13(16)14(12)17-15(11)18-8-3-2-4-9-18/h5-7,10H,2-4,8-9H2,1H3. The summed E-state index contributed by atoms with van der Waals surface area (Å²) in [6.45, 7) is 4.37. The maximum absolute atomic E-state index is 6.24. The van der Waals surface area contributed by atoms with E-state index in [4.69, 9.17) is 16.6 Å². The second-order valence-corrected chi connectivity index (χ2v) is 5.40. The van der Waals surface area contributed by atoms with E-state index in [9.17, 15) is 0 Å². The number of hydrogen-bond acceptors (Lipinski definition) is 2. The van der Waals surface area contributed by atoms with Gasteiger partial charge in [0.15, 0.2) is 0 Å². The quantitative estimate of drug-likeness (QED) is 0.764. The van der Waals surface area contributed by atoms with Crippen molar-refractivity contribution in [3.8, 4) is 0 Å². The van der Waals surface area contributed by atoms with E-state index in [1.54, 1.807) is 0 Å². The van der Waals surface area contributed by atoms with Crippen molar-refractivity contribution >= 4 is 28.3 Å². The molecule has 2 heterocycles. The molecular formula is C15H17ClN2. The van der Waals surface area contributed by atoms with E-state index in [1.165, 1.54) is 24.8 Å². The molecule has 3 heteroatoms. The van der Waals surface area contributed by atoms with Crippen LogP contribution < -0.4 is 4.90 Å². The Morgan fingerprint density at radius 1 is 1.17 bits per heavy atom. The van der Waals surface area contributed by atoms with E-state index in [2.05, 4.69) is 24.0 Å². The van der Waals surface area contributed by atoms with E-state index < -0.39 is 0 Å². The lowest BCUT2D eigenvalue weighted by Gasteiger charge is -2.29. The molecule has 1 aliphatic heterocycles. The number of benzene rings is 1. The number of aromatic nitrogens is 1. The van der Waals surface area contributed by atoms with Crippen molar-refractivity contribution in [2.75, 3.05) is 18.0 Å². The number of anilines is 1. The maximum Gasteiger partial charge on any atom is 0.132 e. The Hall–Kier alpha value is -1.28. The average Bonchev–Trinajstić information content (AvgIpc) is 2.39. The molecule has 1 aliphatic rings. The van der Waals surface area contributed by atoms with Gasteiger partial charge in [-0.2, -0.15) is 0 Å². The van der Waals surface area contributed by atoms with E-state index in [-0.39, 0.29) is 0 Å². The van der Waals surface area contributed by atoms with Crippen LogP contribution in [0.1, 0.15) is 24.8 Å². The lowest BCUT2D eigenvalue weighted by Crippen LogP contribution is -2.30. The van der Waals surface area contributed by atoms with Gasteiger partial charge < -0.3 is 4.90 Å². The molecule has 0 unspecified atom stereocenters. The van der Waals surface area contributed by atoms with Crippen molar-refractivity contribution in [2.24, 2.45) is 0 Å². The summed E-state index contributed by atoms with van der Waals surface area (Å²) < 4.78 is 0. The zero-order chi connectivity index (χ0) is 12.5. The molecule has 18 heavy (non-hydrogen) atoms. The molecule has 0 saturated carbocycles. The lowest BCUT2D eigenvalue weighted by atomic mass is 10.1. The fraction of sp³-hybridized carbons (Fsp3) is 0.400. The molecule has 1 aromatic heterocycles. The molecule has 2 aromatic rings. The topological polar surface area (TPSA) is 16.1 Å². The van der Waals surface area contributed by atoms with Gasteiger partial charge >= 0.3 is 0 Å². The van der Waals surface area contributed by atoms with Gasteiger partial charge in [0.2, 0.25) is 0 Å². The maximum atomic E-state index is 6.24. The highest BCUT2D eigenvalue weighted by Gasteiger charge is 2.15. The number of piperidine rings is 1. The second-order valence-electron chi connectivity index (χ2n) is 4.99. The summed E-state index contributed by atoms with van der Waals surface area (Å²) in [6, 6.07) is 8.15. The van der Waals surface area contributed by atoms with Crippen LogP contribution in [0.4, 0.5) is 5.82 Å². The van der Waals surface area contributed by atoms with Crippen LogP contribution >= 0.6 is 11.6 Å². The Bertz CT molecular complexity index is 574. The molecule has 94 valence electrons. The van der Waals surface area contributed by atoms with Gasteiger partial charge in [0.1, 0.15) is 5.82 Å². The largest absolute Gasteiger partial charge is 0.356 e. The van der Waals surface area contributed by atoms with Crippen LogP contribution in [0.2, 0.25) is 5.02 Å². The smallest absolute Gasteiger partial charge is 0.132 e. The highest BCUT2D eigenvalue weighted by molar-refractivity contribution is 6.35. The predicted octanol–water partition coefficient (Wildman–Crippen LogP) is 4.19. The van der Waals surface area contributed by atoms with Crippen molar-refractivity contribution in [2.45, 2.75) is 26.2 Å². The van der Waals surface area contributed by atoms with Crippen LogP contribution in [0.5, 0.6) is 0 Å². The van der Waals surface area contributed by atoms with Crippen molar-refractivity contribution in [1.82, 2.24) is 4.98 Å². The first kappa shape index (κ1) is 11.8.